The summed E-state index contributed by atoms with van der Waals surface area (Å²) in [6.07, 6.45) is 1.77. The molecule has 0 heterocycles. The van der Waals surface area contributed by atoms with Gasteiger partial charge in [0.1, 0.15) is 0 Å². The van der Waals surface area contributed by atoms with Crippen molar-refractivity contribution in [3.05, 3.63) is 69.7 Å². The van der Waals surface area contributed by atoms with Gasteiger partial charge in [0.2, 0.25) is 0 Å². The molecule has 0 atom stereocenters. The van der Waals surface area contributed by atoms with Crippen LogP contribution in [0.5, 0.6) is 0 Å². The highest BCUT2D eigenvalue weighted by molar-refractivity contribution is 7.80. The van der Waals surface area contributed by atoms with Gasteiger partial charge in [-0.05, 0) is 60.5 Å². The highest BCUT2D eigenvalue weighted by atomic mass is 35.5. The van der Waals surface area contributed by atoms with E-state index in [0.29, 0.717) is 5.11 Å². The Morgan fingerprint density at radius 2 is 1.18 bits per heavy atom. The second kappa shape index (κ2) is 8.37. The molecule has 0 bridgehead atoms. The fraction of sp³-hybridized carbons (Fsp3) is 0.235. The quantitative estimate of drug-likeness (QED) is 0.784. The third kappa shape index (κ3) is 5.48. The van der Waals surface area contributed by atoms with Gasteiger partial charge >= 0.3 is 0 Å². The molecule has 2 rings (SSSR count). The van der Waals surface area contributed by atoms with Crippen LogP contribution in [0.15, 0.2) is 48.5 Å². The standard InChI is InChI=1S/C17H18Cl2N2S/c18-15-5-1-13(2-6-15)9-11-21(17(20)22)12-10-14-3-7-16(19)8-4-14/h1-8H,9-12H2,(H2,20,22). The van der Waals surface area contributed by atoms with E-state index in [0.717, 1.165) is 36.0 Å². The molecule has 0 unspecified atom stereocenters. The Morgan fingerprint density at radius 1 is 0.818 bits per heavy atom. The van der Waals surface area contributed by atoms with Crippen LogP contribution < -0.4 is 5.73 Å². The molecule has 22 heavy (non-hydrogen) atoms. The molecule has 0 fully saturated rings. The van der Waals surface area contributed by atoms with Crippen molar-refractivity contribution in [1.29, 1.82) is 0 Å². The van der Waals surface area contributed by atoms with Crippen molar-refractivity contribution in [3.8, 4) is 0 Å². The second-order valence-corrected chi connectivity index (χ2v) is 6.37. The van der Waals surface area contributed by atoms with Crippen LogP contribution in [-0.4, -0.2) is 23.1 Å². The van der Waals surface area contributed by atoms with E-state index in [1.807, 2.05) is 53.4 Å². The van der Waals surface area contributed by atoms with Gasteiger partial charge in [-0.3, -0.25) is 0 Å². The summed E-state index contributed by atoms with van der Waals surface area (Å²) in [6, 6.07) is 15.7. The van der Waals surface area contributed by atoms with Crippen molar-refractivity contribution in [2.75, 3.05) is 13.1 Å². The first-order chi connectivity index (χ1) is 10.5. The van der Waals surface area contributed by atoms with Gasteiger partial charge in [0.05, 0.1) is 0 Å². The summed E-state index contributed by atoms with van der Waals surface area (Å²) >= 11 is 16.9. The van der Waals surface area contributed by atoms with E-state index in [9.17, 15) is 0 Å². The highest BCUT2D eigenvalue weighted by Gasteiger charge is 2.07. The molecular weight excluding hydrogens is 335 g/mol. The first-order valence-electron chi connectivity index (χ1n) is 7.08. The van der Waals surface area contributed by atoms with E-state index in [4.69, 9.17) is 41.2 Å². The minimum Gasteiger partial charge on any atom is -0.376 e. The maximum absolute atomic E-state index is 5.89. The number of nitrogens with zero attached hydrogens (tertiary/aromatic N) is 1. The Bertz CT molecular complexity index is 562. The Balaban J connectivity index is 1.88. The zero-order chi connectivity index (χ0) is 15.9. The minimum atomic E-state index is 0.433. The van der Waals surface area contributed by atoms with Gasteiger partial charge in [-0.25, -0.2) is 0 Å². The van der Waals surface area contributed by atoms with Crippen molar-refractivity contribution >= 4 is 40.5 Å². The Labute approximate surface area is 146 Å². The second-order valence-electron chi connectivity index (χ2n) is 5.08. The van der Waals surface area contributed by atoms with Gasteiger partial charge in [0, 0.05) is 23.1 Å². The molecule has 0 amide bonds. The molecule has 0 radical (unpaired) electrons. The van der Waals surface area contributed by atoms with Crippen LogP contribution in [0.4, 0.5) is 0 Å². The monoisotopic (exact) mass is 352 g/mol. The molecule has 0 aromatic heterocycles. The average Bonchev–Trinajstić information content (AvgIpc) is 2.50. The number of nitrogens with two attached hydrogens (primary N) is 1. The van der Waals surface area contributed by atoms with E-state index in [1.54, 1.807) is 0 Å². The van der Waals surface area contributed by atoms with Crippen molar-refractivity contribution in [1.82, 2.24) is 4.90 Å². The largest absolute Gasteiger partial charge is 0.376 e. The summed E-state index contributed by atoms with van der Waals surface area (Å²) in [6.45, 7) is 1.59. The summed E-state index contributed by atoms with van der Waals surface area (Å²) in [4.78, 5) is 2.03. The topological polar surface area (TPSA) is 29.3 Å². The number of hydrogen-bond acceptors (Lipinski definition) is 1. The molecule has 0 spiro atoms. The van der Waals surface area contributed by atoms with Gasteiger partial charge in [0.15, 0.2) is 5.11 Å². The van der Waals surface area contributed by atoms with E-state index in [1.165, 1.54) is 11.1 Å². The molecule has 0 aliphatic carbocycles. The predicted molar refractivity (Wildman–Crippen MR) is 98.7 cm³/mol. The van der Waals surface area contributed by atoms with E-state index in [-0.39, 0.29) is 0 Å². The van der Waals surface area contributed by atoms with Crippen molar-refractivity contribution in [3.63, 3.8) is 0 Å². The number of rotatable bonds is 6. The van der Waals surface area contributed by atoms with E-state index in [2.05, 4.69) is 0 Å². The molecule has 2 aromatic carbocycles. The van der Waals surface area contributed by atoms with Crippen LogP contribution in [0.25, 0.3) is 0 Å². The number of benzene rings is 2. The first-order valence-corrected chi connectivity index (χ1v) is 8.24. The molecular formula is C17H18Cl2N2S. The maximum Gasteiger partial charge on any atom is 0.166 e. The Kier molecular flexibility index (Phi) is 6.49. The number of halogens is 2. The lowest BCUT2D eigenvalue weighted by Gasteiger charge is -2.23. The molecule has 0 saturated carbocycles. The maximum atomic E-state index is 5.89. The number of thiocarbonyl (C=S) groups is 1. The molecule has 2 N–H and O–H groups in total. The summed E-state index contributed by atoms with van der Waals surface area (Å²) in [5, 5.41) is 1.93. The molecule has 0 saturated heterocycles. The van der Waals surface area contributed by atoms with Crippen LogP contribution in [0.1, 0.15) is 11.1 Å². The smallest absolute Gasteiger partial charge is 0.166 e. The van der Waals surface area contributed by atoms with Gasteiger partial charge in [0.25, 0.3) is 0 Å². The number of hydrogen-bond donors (Lipinski definition) is 1. The van der Waals surface area contributed by atoms with Gasteiger partial charge < -0.3 is 10.6 Å². The predicted octanol–water partition coefficient (Wildman–Crippen LogP) is 4.32. The summed E-state index contributed by atoms with van der Waals surface area (Å²) < 4.78 is 0. The molecule has 5 heteroatoms. The van der Waals surface area contributed by atoms with Crippen LogP contribution in [0.2, 0.25) is 10.0 Å². The molecule has 0 aliphatic rings. The lowest BCUT2D eigenvalue weighted by Crippen LogP contribution is -2.38. The third-order valence-corrected chi connectivity index (χ3v) is 4.24. The van der Waals surface area contributed by atoms with E-state index < -0.39 is 0 Å². The van der Waals surface area contributed by atoms with Crippen molar-refractivity contribution < 1.29 is 0 Å². The first kappa shape index (κ1) is 17.1. The van der Waals surface area contributed by atoms with Gasteiger partial charge in [-0.2, -0.15) is 0 Å². The van der Waals surface area contributed by atoms with Crippen molar-refractivity contribution in [2.45, 2.75) is 12.8 Å². The van der Waals surface area contributed by atoms with Crippen LogP contribution >= 0.6 is 35.4 Å². The zero-order valence-electron chi connectivity index (χ0n) is 12.1. The lowest BCUT2D eigenvalue weighted by molar-refractivity contribution is 0.429. The minimum absolute atomic E-state index is 0.433. The van der Waals surface area contributed by atoms with Crippen LogP contribution in [0.3, 0.4) is 0 Å². The molecule has 2 aromatic rings. The average molecular weight is 353 g/mol. The summed E-state index contributed by atoms with van der Waals surface area (Å²) in [7, 11) is 0. The normalized spacial score (nSPS) is 10.5. The third-order valence-electron chi connectivity index (χ3n) is 3.48. The Morgan fingerprint density at radius 3 is 1.50 bits per heavy atom. The summed E-state index contributed by atoms with van der Waals surface area (Å²) in [5.41, 5.74) is 8.27. The molecule has 116 valence electrons. The summed E-state index contributed by atoms with van der Waals surface area (Å²) in [5.74, 6) is 0. The lowest BCUT2D eigenvalue weighted by atomic mass is 10.1. The van der Waals surface area contributed by atoms with Crippen LogP contribution in [0, 0.1) is 0 Å². The van der Waals surface area contributed by atoms with E-state index >= 15 is 0 Å². The Hall–Kier alpha value is -1.29. The van der Waals surface area contributed by atoms with Crippen LogP contribution in [-0.2, 0) is 12.8 Å². The zero-order valence-corrected chi connectivity index (χ0v) is 14.5. The van der Waals surface area contributed by atoms with Gasteiger partial charge in [-0.1, -0.05) is 47.5 Å². The molecule has 2 nitrogen and oxygen atoms in total. The fourth-order valence-electron chi connectivity index (χ4n) is 2.16. The van der Waals surface area contributed by atoms with Crippen molar-refractivity contribution in [2.24, 2.45) is 5.73 Å². The highest BCUT2D eigenvalue weighted by Crippen LogP contribution is 2.12. The SMILES string of the molecule is NC(=S)N(CCc1ccc(Cl)cc1)CCc1ccc(Cl)cc1. The molecule has 0 aliphatic heterocycles. The fourth-order valence-corrected chi connectivity index (χ4v) is 2.60. The van der Waals surface area contributed by atoms with Gasteiger partial charge in [-0.15, -0.1) is 0 Å².